The molecular weight excluding hydrogens is 237 g/mol. The Labute approximate surface area is 95.6 Å². The first-order valence-corrected chi connectivity index (χ1v) is 4.83. The van der Waals surface area contributed by atoms with Crippen LogP contribution in [-0.4, -0.2) is 11.4 Å². The lowest BCUT2D eigenvalue weighted by atomic mass is 10.2. The Kier molecular flexibility index (Phi) is 2.75. The average molecular weight is 242 g/mol. The number of aromatic nitrogens is 1. The van der Waals surface area contributed by atoms with Crippen molar-refractivity contribution < 1.29 is 9.32 Å². The average Bonchev–Trinajstić information content (AvgIpc) is 2.70. The van der Waals surface area contributed by atoms with Crippen LogP contribution in [0.2, 0.25) is 10.0 Å². The first-order chi connectivity index (χ1) is 7.20. The highest BCUT2D eigenvalue weighted by Crippen LogP contribution is 2.28. The second-order valence-corrected chi connectivity index (χ2v) is 3.68. The number of hydrogen-bond donors (Lipinski definition) is 0. The summed E-state index contributed by atoms with van der Waals surface area (Å²) in [5, 5.41) is 4.44. The van der Waals surface area contributed by atoms with Gasteiger partial charge in [0.2, 0.25) is 0 Å². The molecular formula is C10H5Cl2NO2. The van der Waals surface area contributed by atoms with Crippen LogP contribution in [0.25, 0.3) is 11.3 Å². The Balaban J connectivity index is 2.44. The molecule has 0 N–H and O–H groups in total. The Morgan fingerprint density at radius 1 is 1.20 bits per heavy atom. The Morgan fingerprint density at radius 3 is 2.60 bits per heavy atom. The van der Waals surface area contributed by atoms with E-state index in [4.69, 9.17) is 27.7 Å². The molecule has 2 rings (SSSR count). The van der Waals surface area contributed by atoms with Crippen molar-refractivity contribution in [3.05, 3.63) is 40.0 Å². The van der Waals surface area contributed by atoms with Crippen molar-refractivity contribution in [3.8, 4) is 11.3 Å². The molecule has 0 fully saturated rings. The molecule has 0 atom stereocenters. The largest absolute Gasteiger partial charge is 0.356 e. The van der Waals surface area contributed by atoms with Crippen molar-refractivity contribution in [1.29, 1.82) is 0 Å². The predicted octanol–water partition coefficient (Wildman–Crippen LogP) is 3.46. The third-order valence-corrected chi connectivity index (χ3v) is 2.59. The monoisotopic (exact) mass is 241 g/mol. The van der Waals surface area contributed by atoms with E-state index in [9.17, 15) is 4.79 Å². The van der Waals surface area contributed by atoms with Gasteiger partial charge in [0, 0.05) is 11.6 Å². The highest BCUT2D eigenvalue weighted by atomic mass is 35.5. The minimum absolute atomic E-state index is 0.246. The van der Waals surface area contributed by atoms with Crippen LogP contribution in [0.3, 0.4) is 0 Å². The first kappa shape index (κ1) is 10.2. The number of aldehydes is 1. The van der Waals surface area contributed by atoms with E-state index < -0.39 is 0 Å². The number of rotatable bonds is 2. The van der Waals surface area contributed by atoms with Gasteiger partial charge in [-0.3, -0.25) is 4.79 Å². The van der Waals surface area contributed by atoms with Crippen molar-refractivity contribution >= 4 is 29.5 Å². The van der Waals surface area contributed by atoms with E-state index >= 15 is 0 Å². The molecule has 1 aromatic heterocycles. The molecule has 0 saturated heterocycles. The summed E-state index contributed by atoms with van der Waals surface area (Å²) in [6, 6.07) is 6.58. The van der Waals surface area contributed by atoms with Gasteiger partial charge in [0.25, 0.3) is 0 Å². The van der Waals surface area contributed by atoms with E-state index in [1.165, 1.54) is 6.07 Å². The minimum Gasteiger partial charge on any atom is -0.356 e. The van der Waals surface area contributed by atoms with Crippen LogP contribution in [0.4, 0.5) is 0 Å². The second kappa shape index (κ2) is 4.04. The lowest BCUT2D eigenvalue weighted by Crippen LogP contribution is -1.75. The number of carbonyl (C=O) groups is 1. The van der Waals surface area contributed by atoms with Gasteiger partial charge in [-0.15, -0.1) is 0 Å². The molecule has 0 aliphatic rings. The number of carbonyl (C=O) groups excluding carboxylic acids is 1. The lowest BCUT2D eigenvalue weighted by molar-refractivity contribution is 0.111. The van der Waals surface area contributed by atoms with Gasteiger partial charge in [-0.05, 0) is 18.2 Å². The second-order valence-electron chi connectivity index (χ2n) is 2.86. The molecule has 0 aliphatic carbocycles. The van der Waals surface area contributed by atoms with Crippen LogP contribution >= 0.6 is 23.2 Å². The quantitative estimate of drug-likeness (QED) is 0.757. The van der Waals surface area contributed by atoms with Crippen molar-refractivity contribution in [2.24, 2.45) is 0 Å². The van der Waals surface area contributed by atoms with Crippen LogP contribution in [0.1, 0.15) is 10.5 Å². The topological polar surface area (TPSA) is 43.1 Å². The summed E-state index contributed by atoms with van der Waals surface area (Å²) in [5.74, 6) is 0.482. The van der Waals surface area contributed by atoms with Gasteiger partial charge in [-0.1, -0.05) is 28.4 Å². The van der Waals surface area contributed by atoms with Gasteiger partial charge in [-0.2, -0.15) is 0 Å². The van der Waals surface area contributed by atoms with E-state index in [1.807, 2.05) is 0 Å². The van der Waals surface area contributed by atoms with Gasteiger partial charge in [0.15, 0.2) is 12.0 Å². The molecule has 2 aromatic rings. The van der Waals surface area contributed by atoms with Crippen LogP contribution in [0.15, 0.2) is 28.8 Å². The predicted molar refractivity (Wildman–Crippen MR) is 57.3 cm³/mol. The number of hydrogen-bond acceptors (Lipinski definition) is 3. The summed E-state index contributed by atoms with van der Waals surface area (Å²) in [4.78, 5) is 10.4. The molecule has 0 unspecified atom stereocenters. The molecule has 0 amide bonds. The molecule has 1 heterocycles. The standard InChI is InChI=1S/C10H5Cl2NO2/c11-8-2-1-6(3-9(8)12)10-4-7(5-14)13-15-10/h1-5H. The zero-order chi connectivity index (χ0) is 10.8. The molecule has 5 heteroatoms. The van der Waals surface area contributed by atoms with Crippen molar-refractivity contribution in [2.45, 2.75) is 0 Å². The molecule has 3 nitrogen and oxygen atoms in total. The van der Waals surface area contributed by atoms with Gasteiger partial charge in [0.05, 0.1) is 10.0 Å². The third-order valence-electron chi connectivity index (χ3n) is 1.85. The maximum atomic E-state index is 10.4. The van der Waals surface area contributed by atoms with E-state index in [0.717, 1.165) is 5.56 Å². The van der Waals surface area contributed by atoms with Crippen molar-refractivity contribution in [3.63, 3.8) is 0 Å². The maximum absolute atomic E-state index is 10.4. The van der Waals surface area contributed by atoms with Crippen LogP contribution in [0.5, 0.6) is 0 Å². The Hall–Kier alpha value is -1.32. The molecule has 0 radical (unpaired) electrons. The fraction of sp³-hybridized carbons (Fsp3) is 0. The van der Waals surface area contributed by atoms with E-state index in [1.54, 1.807) is 18.2 Å². The number of halogens is 2. The molecule has 0 bridgehead atoms. The Morgan fingerprint density at radius 2 is 2.00 bits per heavy atom. The van der Waals surface area contributed by atoms with E-state index in [-0.39, 0.29) is 5.69 Å². The number of benzene rings is 1. The van der Waals surface area contributed by atoms with Crippen LogP contribution in [-0.2, 0) is 0 Å². The molecule has 76 valence electrons. The van der Waals surface area contributed by atoms with Gasteiger partial charge in [0.1, 0.15) is 5.69 Å². The maximum Gasteiger partial charge on any atom is 0.171 e. The molecule has 0 spiro atoms. The summed E-state index contributed by atoms with van der Waals surface area (Å²) >= 11 is 11.6. The van der Waals surface area contributed by atoms with Gasteiger partial charge in [-0.25, -0.2) is 0 Å². The van der Waals surface area contributed by atoms with Crippen LogP contribution in [0, 0.1) is 0 Å². The molecule has 0 aliphatic heterocycles. The van der Waals surface area contributed by atoms with E-state index in [0.29, 0.717) is 22.1 Å². The summed E-state index contributed by atoms with van der Waals surface area (Å²) < 4.78 is 4.95. The highest BCUT2D eigenvalue weighted by molar-refractivity contribution is 6.42. The summed E-state index contributed by atoms with van der Waals surface area (Å²) in [7, 11) is 0. The fourth-order valence-corrected chi connectivity index (χ4v) is 1.43. The SMILES string of the molecule is O=Cc1cc(-c2ccc(Cl)c(Cl)c2)on1. The van der Waals surface area contributed by atoms with Gasteiger partial charge >= 0.3 is 0 Å². The normalized spacial score (nSPS) is 10.3. The zero-order valence-corrected chi connectivity index (χ0v) is 8.92. The lowest BCUT2D eigenvalue weighted by Gasteiger charge is -1.97. The number of nitrogens with zero attached hydrogens (tertiary/aromatic N) is 1. The Bertz CT molecular complexity index is 508. The molecule has 15 heavy (non-hydrogen) atoms. The molecule has 1 aromatic carbocycles. The summed E-state index contributed by atoms with van der Waals surface area (Å²) in [6.07, 6.45) is 0.616. The minimum atomic E-state index is 0.246. The smallest absolute Gasteiger partial charge is 0.171 e. The highest BCUT2D eigenvalue weighted by Gasteiger charge is 2.07. The third kappa shape index (κ3) is 2.03. The summed E-state index contributed by atoms with van der Waals surface area (Å²) in [5.41, 5.74) is 0.973. The zero-order valence-electron chi connectivity index (χ0n) is 7.41. The van der Waals surface area contributed by atoms with Crippen molar-refractivity contribution in [2.75, 3.05) is 0 Å². The molecule has 0 saturated carbocycles. The van der Waals surface area contributed by atoms with E-state index in [2.05, 4.69) is 5.16 Å². The fourth-order valence-electron chi connectivity index (χ4n) is 1.13. The summed E-state index contributed by atoms with van der Waals surface area (Å²) in [6.45, 7) is 0. The van der Waals surface area contributed by atoms with Gasteiger partial charge < -0.3 is 4.52 Å². The van der Waals surface area contributed by atoms with Crippen LogP contribution < -0.4 is 0 Å². The first-order valence-electron chi connectivity index (χ1n) is 4.08. The van der Waals surface area contributed by atoms with Crippen molar-refractivity contribution in [1.82, 2.24) is 5.16 Å².